The molecule has 0 aliphatic heterocycles. The molecule has 10 nitrogen and oxygen atoms in total. The van der Waals surface area contributed by atoms with E-state index in [9.17, 15) is 19.7 Å². The summed E-state index contributed by atoms with van der Waals surface area (Å²) in [5, 5.41) is 25.7. The minimum Gasteiger partial charge on any atom is -0.476 e. The van der Waals surface area contributed by atoms with Gasteiger partial charge in [-0.15, -0.1) is 0 Å². The second kappa shape index (κ2) is 5.36. The highest BCUT2D eigenvalue weighted by Gasteiger charge is 2.25. The monoisotopic (exact) mass is 291 g/mol. The summed E-state index contributed by atoms with van der Waals surface area (Å²) in [4.78, 5) is 36.2. The van der Waals surface area contributed by atoms with Gasteiger partial charge in [0.05, 0.1) is 10.6 Å². The lowest BCUT2D eigenvalue weighted by Crippen LogP contribution is -2.19. The van der Waals surface area contributed by atoms with Gasteiger partial charge in [0.2, 0.25) is 5.69 Å². The van der Waals surface area contributed by atoms with Crippen LogP contribution in [0.15, 0.2) is 24.5 Å². The highest BCUT2D eigenvalue weighted by atomic mass is 16.6. The molecule has 2 rings (SSSR count). The fourth-order valence-corrected chi connectivity index (χ4v) is 1.60. The number of nitro groups is 1. The number of aromatic nitrogens is 3. The van der Waals surface area contributed by atoms with E-state index in [4.69, 9.17) is 5.11 Å². The fourth-order valence-electron chi connectivity index (χ4n) is 1.60. The summed E-state index contributed by atoms with van der Waals surface area (Å²) in [6.45, 7) is 0. The van der Waals surface area contributed by atoms with E-state index in [1.807, 2.05) is 0 Å². The van der Waals surface area contributed by atoms with Crippen LogP contribution in [0, 0.1) is 10.1 Å². The quantitative estimate of drug-likeness (QED) is 0.606. The molecule has 0 saturated heterocycles. The first-order valence-corrected chi connectivity index (χ1v) is 5.60. The number of carbonyl (C=O) groups excluding carboxylic acids is 1. The molecule has 2 aromatic rings. The van der Waals surface area contributed by atoms with Gasteiger partial charge in [0.15, 0.2) is 0 Å². The Bertz CT molecular complexity index is 707. The fraction of sp³-hybridized carbons (Fsp3) is 0.0909. The molecule has 0 radical (unpaired) electrons. The minimum atomic E-state index is -1.51. The van der Waals surface area contributed by atoms with E-state index in [0.717, 1.165) is 10.9 Å². The van der Waals surface area contributed by atoms with Crippen LogP contribution in [0.3, 0.4) is 0 Å². The Kier molecular flexibility index (Phi) is 3.61. The van der Waals surface area contributed by atoms with Gasteiger partial charge in [0, 0.05) is 13.2 Å². The molecule has 10 heteroatoms. The number of carbonyl (C=O) groups is 2. The molecule has 1 amide bonds. The molecule has 0 aliphatic rings. The third-order valence-corrected chi connectivity index (χ3v) is 2.56. The largest absolute Gasteiger partial charge is 0.476 e. The average Bonchev–Trinajstić information content (AvgIpc) is 2.92. The number of rotatable bonds is 4. The number of carboxylic acid groups (broad SMARTS) is 1. The third kappa shape index (κ3) is 2.68. The highest BCUT2D eigenvalue weighted by molar-refractivity contribution is 5.92. The van der Waals surface area contributed by atoms with Crippen LogP contribution in [0.25, 0.3) is 5.69 Å². The smallest absolute Gasteiger partial charge is 0.363 e. The lowest BCUT2D eigenvalue weighted by Gasteiger charge is -2.03. The maximum atomic E-state index is 11.5. The molecule has 0 unspecified atom stereocenters. The molecule has 0 bridgehead atoms. The second-order valence-corrected chi connectivity index (χ2v) is 3.85. The Morgan fingerprint density at radius 3 is 2.71 bits per heavy atom. The number of pyridine rings is 1. The van der Waals surface area contributed by atoms with E-state index >= 15 is 0 Å². The maximum absolute atomic E-state index is 11.5. The maximum Gasteiger partial charge on any atom is 0.363 e. The third-order valence-electron chi connectivity index (χ3n) is 2.56. The summed E-state index contributed by atoms with van der Waals surface area (Å²) in [6, 6.07) is 2.77. The topological polar surface area (TPSA) is 140 Å². The van der Waals surface area contributed by atoms with Crippen LogP contribution in [0.1, 0.15) is 21.0 Å². The zero-order valence-electron chi connectivity index (χ0n) is 10.7. The summed E-state index contributed by atoms with van der Waals surface area (Å²) < 4.78 is 1.01. The van der Waals surface area contributed by atoms with Crippen LogP contribution >= 0.6 is 0 Å². The van der Waals surface area contributed by atoms with E-state index in [1.54, 1.807) is 0 Å². The summed E-state index contributed by atoms with van der Waals surface area (Å²) in [5.74, 6) is -1.96. The van der Waals surface area contributed by atoms with Gasteiger partial charge in [-0.3, -0.25) is 19.9 Å². The molecule has 2 N–H and O–H groups in total. The zero-order valence-corrected chi connectivity index (χ0v) is 10.7. The molecule has 0 atom stereocenters. The van der Waals surface area contributed by atoms with Gasteiger partial charge in [-0.1, -0.05) is 0 Å². The molecule has 2 heterocycles. The number of amides is 1. The molecule has 0 fully saturated rings. The predicted molar refractivity (Wildman–Crippen MR) is 68.4 cm³/mol. The van der Waals surface area contributed by atoms with Crippen molar-refractivity contribution in [2.24, 2.45) is 0 Å². The van der Waals surface area contributed by atoms with Gasteiger partial charge in [0.25, 0.3) is 5.91 Å². The van der Waals surface area contributed by atoms with Crippen LogP contribution in [-0.2, 0) is 0 Å². The number of hydrogen-bond acceptors (Lipinski definition) is 6. The molecule has 21 heavy (non-hydrogen) atoms. The summed E-state index contributed by atoms with van der Waals surface area (Å²) in [5.41, 5.74) is -0.969. The van der Waals surface area contributed by atoms with Crippen LogP contribution < -0.4 is 5.32 Å². The number of nitrogens with one attached hydrogen (secondary N) is 1. The average molecular weight is 291 g/mol. The first kappa shape index (κ1) is 14.1. The molecular weight excluding hydrogens is 282 g/mol. The van der Waals surface area contributed by atoms with Gasteiger partial charge in [0.1, 0.15) is 11.9 Å². The number of nitrogens with zero attached hydrogens (tertiary/aromatic N) is 4. The highest BCUT2D eigenvalue weighted by Crippen LogP contribution is 2.19. The van der Waals surface area contributed by atoms with Gasteiger partial charge >= 0.3 is 11.7 Å². The van der Waals surface area contributed by atoms with Gasteiger partial charge in [-0.05, 0) is 12.1 Å². The van der Waals surface area contributed by atoms with Crippen molar-refractivity contribution in [1.82, 2.24) is 20.1 Å². The van der Waals surface area contributed by atoms with E-state index in [1.165, 1.54) is 25.4 Å². The van der Waals surface area contributed by atoms with E-state index in [2.05, 4.69) is 15.4 Å². The Hall–Kier alpha value is -3.30. The van der Waals surface area contributed by atoms with Gasteiger partial charge in [-0.25, -0.2) is 9.48 Å². The molecule has 108 valence electrons. The Balaban J connectivity index is 2.52. The molecule has 2 aromatic heterocycles. The lowest BCUT2D eigenvalue weighted by molar-refractivity contribution is -0.385. The summed E-state index contributed by atoms with van der Waals surface area (Å²) in [7, 11) is 1.43. The molecular formula is C11H9N5O5. The number of aromatic carboxylic acids is 1. The summed E-state index contributed by atoms with van der Waals surface area (Å²) in [6.07, 6.45) is 2.28. The Labute approximate surface area is 117 Å². The molecule has 0 saturated carbocycles. The van der Waals surface area contributed by atoms with E-state index in [0.29, 0.717) is 0 Å². The Morgan fingerprint density at radius 2 is 2.19 bits per heavy atom. The van der Waals surface area contributed by atoms with Gasteiger partial charge < -0.3 is 10.4 Å². The normalized spacial score (nSPS) is 10.1. The molecule has 0 aliphatic carbocycles. The van der Waals surface area contributed by atoms with Crippen LogP contribution in [0.4, 0.5) is 5.69 Å². The SMILES string of the molecule is CNC(=O)c1cc(-n2cc([N+](=O)[O-])c(C(=O)O)n2)ccn1. The van der Waals surface area contributed by atoms with Crippen molar-refractivity contribution in [3.63, 3.8) is 0 Å². The first-order chi connectivity index (χ1) is 9.93. The van der Waals surface area contributed by atoms with Crippen molar-refractivity contribution in [3.8, 4) is 5.69 Å². The minimum absolute atomic E-state index is 0.0741. The van der Waals surface area contributed by atoms with E-state index in [-0.39, 0.29) is 11.4 Å². The number of hydrogen-bond donors (Lipinski definition) is 2. The molecule has 0 aromatic carbocycles. The van der Waals surface area contributed by atoms with Crippen molar-refractivity contribution in [3.05, 3.63) is 46.0 Å². The van der Waals surface area contributed by atoms with E-state index < -0.39 is 28.2 Å². The number of carboxylic acids is 1. The first-order valence-electron chi connectivity index (χ1n) is 5.60. The van der Waals surface area contributed by atoms with Crippen molar-refractivity contribution in [2.75, 3.05) is 7.05 Å². The van der Waals surface area contributed by atoms with Crippen LogP contribution in [0.2, 0.25) is 0 Å². The standard InChI is InChI=1S/C11H9N5O5/c1-12-10(17)7-4-6(2-3-13-7)15-5-8(16(20)21)9(14-15)11(18)19/h2-5H,1H3,(H,12,17)(H,18,19). The molecule has 0 spiro atoms. The predicted octanol–water partition coefficient (Wildman–Crippen LogP) is 0.233. The summed E-state index contributed by atoms with van der Waals surface area (Å²) >= 11 is 0. The van der Waals surface area contributed by atoms with Crippen molar-refractivity contribution >= 4 is 17.6 Å². The van der Waals surface area contributed by atoms with Crippen molar-refractivity contribution < 1.29 is 19.6 Å². The van der Waals surface area contributed by atoms with Crippen LogP contribution in [-0.4, -0.2) is 43.7 Å². The zero-order chi connectivity index (χ0) is 15.6. The van der Waals surface area contributed by atoms with Gasteiger partial charge in [-0.2, -0.15) is 5.10 Å². The Morgan fingerprint density at radius 1 is 1.48 bits per heavy atom. The van der Waals surface area contributed by atoms with Crippen LogP contribution in [0.5, 0.6) is 0 Å². The lowest BCUT2D eigenvalue weighted by atomic mass is 10.3. The van der Waals surface area contributed by atoms with Crippen molar-refractivity contribution in [1.29, 1.82) is 0 Å². The second-order valence-electron chi connectivity index (χ2n) is 3.85. The van der Waals surface area contributed by atoms with Crippen molar-refractivity contribution in [2.45, 2.75) is 0 Å².